The Morgan fingerprint density at radius 2 is 1.65 bits per heavy atom. The molecule has 0 aliphatic heterocycles. The first-order valence-corrected chi connectivity index (χ1v) is 7.91. The van der Waals surface area contributed by atoms with Crippen molar-refractivity contribution in [3.8, 4) is 11.5 Å². The van der Waals surface area contributed by atoms with Crippen LogP contribution in [0.2, 0.25) is 0 Å². The smallest absolute Gasteiger partial charge is 0.161 e. The molecule has 1 unspecified atom stereocenters. The average molecular weight is 344 g/mol. The second kappa shape index (κ2) is 8.53. The van der Waals surface area contributed by atoms with Gasteiger partial charge in [-0.25, -0.2) is 0 Å². The minimum atomic E-state index is 0.511. The van der Waals surface area contributed by atoms with E-state index in [1.165, 1.54) is 18.4 Å². The van der Waals surface area contributed by atoms with Crippen molar-refractivity contribution >= 4 is 15.9 Å². The molecule has 1 rings (SSSR count). The molecule has 3 nitrogen and oxygen atoms in total. The van der Waals surface area contributed by atoms with Gasteiger partial charge in [-0.3, -0.25) is 0 Å². The molecule has 20 heavy (non-hydrogen) atoms. The van der Waals surface area contributed by atoms with E-state index in [9.17, 15) is 0 Å². The van der Waals surface area contributed by atoms with Crippen molar-refractivity contribution in [3.63, 3.8) is 0 Å². The number of ether oxygens (including phenoxy) is 2. The minimum Gasteiger partial charge on any atom is -0.493 e. The Hall–Kier alpha value is -0.740. The highest BCUT2D eigenvalue weighted by atomic mass is 79.9. The van der Waals surface area contributed by atoms with Crippen LogP contribution in [0.15, 0.2) is 16.6 Å². The standard InChI is InChI=1S/C16H26BrNO2/c1-11(2)6-7-12(3)18-10-13-8-15(19-4)16(20-5)9-14(13)17/h8-9,11-12,18H,6-7,10H2,1-5H3. The Bertz CT molecular complexity index is 421. The highest BCUT2D eigenvalue weighted by Gasteiger charge is 2.10. The van der Waals surface area contributed by atoms with Crippen molar-refractivity contribution in [1.29, 1.82) is 0 Å². The summed E-state index contributed by atoms with van der Waals surface area (Å²) >= 11 is 3.59. The monoisotopic (exact) mass is 343 g/mol. The van der Waals surface area contributed by atoms with E-state index >= 15 is 0 Å². The molecule has 0 saturated heterocycles. The molecule has 0 aliphatic carbocycles. The molecule has 1 atom stereocenters. The van der Waals surface area contributed by atoms with Gasteiger partial charge in [-0.2, -0.15) is 0 Å². The maximum absolute atomic E-state index is 5.34. The van der Waals surface area contributed by atoms with Gasteiger partial charge in [-0.15, -0.1) is 0 Å². The van der Waals surface area contributed by atoms with Gasteiger partial charge in [0.15, 0.2) is 11.5 Å². The number of nitrogens with one attached hydrogen (secondary N) is 1. The van der Waals surface area contributed by atoms with Crippen molar-refractivity contribution in [2.24, 2.45) is 5.92 Å². The molecule has 4 heteroatoms. The first-order chi connectivity index (χ1) is 9.47. The predicted molar refractivity (Wildman–Crippen MR) is 87.6 cm³/mol. The zero-order chi connectivity index (χ0) is 15.1. The Balaban J connectivity index is 2.63. The van der Waals surface area contributed by atoms with Crippen LogP contribution in [0.25, 0.3) is 0 Å². The molecule has 1 N–H and O–H groups in total. The Morgan fingerprint density at radius 3 is 2.20 bits per heavy atom. The first-order valence-electron chi connectivity index (χ1n) is 7.11. The third kappa shape index (κ3) is 5.33. The summed E-state index contributed by atoms with van der Waals surface area (Å²) in [4.78, 5) is 0. The van der Waals surface area contributed by atoms with E-state index in [1.807, 2.05) is 12.1 Å². The number of benzene rings is 1. The maximum Gasteiger partial charge on any atom is 0.161 e. The number of hydrogen-bond donors (Lipinski definition) is 1. The lowest BCUT2D eigenvalue weighted by atomic mass is 10.0. The van der Waals surface area contributed by atoms with Crippen molar-refractivity contribution < 1.29 is 9.47 Å². The average Bonchev–Trinajstić information content (AvgIpc) is 2.43. The summed E-state index contributed by atoms with van der Waals surface area (Å²) < 4.78 is 11.7. The first kappa shape index (κ1) is 17.3. The van der Waals surface area contributed by atoms with Crippen LogP contribution in [0.1, 0.15) is 39.2 Å². The van der Waals surface area contributed by atoms with Crippen molar-refractivity contribution in [1.82, 2.24) is 5.32 Å². The van der Waals surface area contributed by atoms with Gasteiger partial charge >= 0.3 is 0 Å². The molecule has 0 fully saturated rings. The van der Waals surface area contributed by atoms with Crippen LogP contribution in [0, 0.1) is 5.92 Å². The second-order valence-corrected chi connectivity index (χ2v) is 6.41. The molecule has 1 aromatic rings. The van der Waals surface area contributed by atoms with Crippen molar-refractivity contribution in [2.75, 3.05) is 14.2 Å². The molecular weight excluding hydrogens is 318 g/mol. The predicted octanol–water partition coefficient (Wildman–Crippen LogP) is 4.38. The zero-order valence-corrected chi connectivity index (χ0v) is 14.7. The molecule has 0 amide bonds. The molecule has 0 spiro atoms. The van der Waals surface area contributed by atoms with E-state index in [1.54, 1.807) is 14.2 Å². The summed E-state index contributed by atoms with van der Waals surface area (Å²) in [6.45, 7) is 7.58. The fourth-order valence-corrected chi connectivity index (χ4v) is 2.46. The Labute approximate surface area is 131 Å². The summed E-state index contributed by atoms with van der Waals surface area (Å²) in [5, 5.41) is 3.56. The lowest BCUT2D eigenvalue weighted by molar-refractivity contribution is 0.354. The van der Waals surface area contributed by atoms with Gasteiger partial charge in [0, 0.05) is 17.1 Å². The van der Waals surface area contributed by atoms with E-state index in [2.05, 4.69) is 42.0 Å². The minimum absolute atomic E-state index is 0.511. The third-order valence-corrected chi connectivity index (χ3v) is 4.11. The molecule has 0 saturated carbocycles. The fraction of sp³-hybridized carbons (Fsp3) is 0.625. The summed E-state index contributed by atoms with van der Waals surface area (Å²) in [6.07, 6.45) is 2.45. The third-order valence-electron chi connectivity index (χ3n) is 3.37. The second-order valence-electron chi connectivity index (χ2n) is 5.55. The number of hydrogen-bond acceptors (Lipinski definition) is 3. The normalized spacial score (nSPS) is 12.6. The summed E-state index contributed by atoms with van der Waals surface area (Å²) in [5.74, 6) is 2.27. The summed E-state index contributed by atoms with van der Waals surface area (Å²) in [5.41, 5.74) is 1.18. The van der Waals surface area contributed by atoms with Crippen molar-refractivity contribution in [2.45, 2.75) is 46.2 Å². The van der Waals surface area contributed by atoms with Gasteiger partial charge < -0.3 is 14.8 Å². The summed E-state index contributed by atoms with van der Waals surface area (Å²) in [6, 6.07) is 4.48. The molecular formula is C16H26BrNO2. The van der Waals surface area contributed by atoms with E-state index in [-0.39, 0.29) is 0 Å². The lowest BCUT2D eigenvalue weighted by Crippen LogP contribution is -2.26. The van der Waals surface area contributed by atoms with Crippen molar-refractivity contribution in [3.05, 3.63) is 22.2 Å². The number of rotatable bonds is 8. The van der Waals surface area contributed by atoms with Gasteiger partial charge in [-0.1, -0.05) is 29.8 Å². The van der Waals surface area contributed by atoms with Crippen LogP contribution in [0.4, 0.5) is 0 Å². The number of halogens is 1. The molecule has 1 aromatic carbocycles. The van der Waals surface area contributed by atoms with Crippen LogP contribution in [0.5, 0.6) is 11.5 Å². The molecule has 0 aromatic heterocycles. The van der Waals surface area contributed by atoms with Gasteiger partial charge in [0.05, 0.1) is 14.2 Å². The summed E-state index contributed by atoms with van der Waals surface area (Å²) in [7, 11) is 3.31. The zero-order valence-electron chi connectivity index (χ0n) is 13.1. The molecule has 0 radical (unpaired) electrons. The van der Waals surface area contributed by atoms with Gasteiger partial charge in [0.25, 0.3) is 0 Å². The number of methoxy groups -OCH3 is 2. The highest BCUT2D eigenvalue weighted by molar-refractivity contribution is 9.10. The highest BCUT2D eigenvalue weighted by Crippen LogP contribution is 2.33. The largest absolute Gasteiger partial charge is 0.493 e. The van der Waals surface area contributed by atoms with E-state index in [0.717, 1.165) is 28.4 Å². The van der Waals surface area contributed by atoms with E-state index in [0.29, 0.717) is 6.04 Å². The molecule has 114 valence electrons. The Morgan fingerprint density at radius 1 is 1.05 bits per heavy atom. The maximum atomic E-state index is 5.34. The van der Waals surface area contributed by atoms with Gasteiger partial charge in [0.1, 0.15) is 0 Å². The molecule has 0 aliphatic rings. The van der Waals surface area contributed by atoms with E-state index in [4.69, 9.17) is 9.47 Å². The topological polar surface area (TPSA) is 30.5 Å². The van der Waals surface area contributed by atoms with Gasteiger partial charge in [-0.05, 0) is 43.4 Å². The lowest BCUT2D eigenvalue weighted by Gasteiger charge is -2.17. The van der Waals surface area contributed by atoms with Crippen LogP contribution in [-0.4, -0.2) is 20.3 Å². The van der Waals surface area contributed by atoms with Crippen LogP contribution in [-0.2, 0) is 6.54 Å². The van der Waals surface area contributed by atoms with Crippen LogP contribution < -0.4 is 14.8 Å². The Kier molecular flexibility index (Phi) is 7.38. The van der Waals surface area contributed by atoms with Gasteiger partial charge in [0.2, 0.25) is 0 Å². The van der Waals surface area contributed by atoms with E-state index < -0.39 is 0 Å². The molecule has 0 heterocycles. The van der Waals surface area contributed by atoms with Crippen LogP contribution in [0.3, 0.4) is 0 Å². The quantitative estimate of drug-likeness (QED) is 0.759. The molecule has 0 bridgehead atoms. The SMILES string of the molecule is COc1cc(Br)c(CNC(C)CCC(C)C)cc1OC. The fourth-order valence-electron chi connectivity index (χ4n) is 2.00. The van der Waals surface area contributed by atoms with Crippen LogP contribution >= 0.6 is 15.9 Å².